The van der Waals surface area contributed by atoms with Crippen molar-refractivity contribution in [2.45, 2.75) is 13.3 Å². The molecule has 1 aliphatic rings. The predicted molar refractivity (Wildman–Crippen MR) is 47.8 cm³/mol. The van der Waals surface area contributed by atoms with E-state index in [9.17, 15) is 5.11 Å². The highest BCUT2D eigenvalue weighted by atomic mass is 32.1. The number of hydrogen-bond donors (Lipinski definition) is 1. The number of allylic oxidation sites excluding steroid dienone is 1. The fourth-order valence-corrected chi connectivity index (χ4v) is 2.32. The van der Waals surface area contributed by atoms with Crippen molar-refractivity contribution in [2.75, 3.05) is 0 Å². The predicted octanol–water partition coefficient (Wildman–Crippen LogP) is 2.84. The third-order valence-electron chi connectivity index (χ3n) is 2.08. The smallest absolute Gasteiger partial charge is 0.0960 e. The average Bonchev–Trinajstić information content (AvgIpc) is 2.36. The molecule has 0 amide bonds. The first kappa shape index (κ1) is 6.92. The topological polar surface area (TPSA) is 20.2 Å². The summed E-state index contributed by atoms with van der Waals surface area (Å²) in [4.78, 5) is 1.40. The Morgan fingerprint density at radius 2 is 2.45 bits per heavy atom. The number of hydrogen-bond acceptors (Lipinski definition) is 2. The molecule has 1 aliphatic carbocycles. The van der Waals surface area contributed by atoms with E-state index >= 15 is 0 Å². The molecule has 1 aromatic rings. The standard InChI is InChI=1S/C9H10OS/c1-6-4-9-7(2-3-11-9)5-8(6)10/h2-3,5-6,10H,4H2,1H3. The molecular weight excluding hydrogens is 156 g/mol. The number of aliphatic hydroxyl groups excluding tert-OH is 1. The normalized spacial score (nSPS) is 22.6. The van der Waals surface area contributed by atoms with Gasteiger partial charge in [0.15, 0.2) is 0 Å². The van der Waals surface area contributed by atoms with Crippen LogP contribution in [0.5, 0.6) is 0 Å². The van der Waals surface area contributed by atoms with Gasteiger partial charge in [-0.2, -0.15) is 0 Å². The number of fused-ring (bicyclic) bond motifs is 1. The lowest BCUT2D eigenvalue weighted by Crippen LogP contribution is -2.06. The summed E-state index contributed by atoms with van der Waals surface area (Å²) in [5, 5.41) is 11.5. The van der Waals surface area contributed by atoms with Gasteiger partial charge in [0, 0.05) is 10.8 Å². The van der Waals surface area contributed by atoms with E-state index in [0.29, 0.717) is 11.7 Å². The molecule has 1 unspecified atom stereocenters. The SMILES string of the molecule is CC1Cc2sccc2C=C1O. The number of aliphatic hydroxyl groups is 1. The summed E-state index contributed by atoms with van der Waals surface area (Å²) in [7, 11) is 0. The quantitative estimate of drug-likeness (QED) is 0.628. The molecule has 0 bridgehead atoms. The monoisotopic (exact) mass is 166 g/mol. The zero-order valence-electron chi connectivity index (χ0n) is 6.37. The fraction of sp³-hybridized carbons (Fsp3) is 0.333. The van der Waals surface area contributed by atoms with Crippen molar-refractivity contribution in [3.05, 3.63) is 27.6 Å². The third-order valence-corrected chi connectivity index (χ3v) is 3.04. The lowest BCUT2D eigenvalue weighted by molar-refractivity contribution is 0.343. The summed E-state index contributed by atoms with van der Waals surface area (Å²) in [6, 6.07) is 2.06. The molecule has 0 fully saturated rings. The molecule has 2 heteroatoms. The molecule has 1 atom stereocenters. The highest BCUT2D eigenvalue weighted by Crippen LogP contribution is 2.30. The van der Waals surface area contributed by atoms with Crippen LogP contribution in [0.1, 0.15) is 17.4 Å². The van der Waals surface area contributed by atoms with Crippen LogP contribution in [0.2, 0.25) is 0 Å². The Kier molecular flexibility index (Phi) is 1.50. The molecular formula is C9H10OS. The van der Waals surface area contributed by atoms with Crippen molar-refractivity contribution in [1.82, 2.24) is 0 Å². The molecule has 1 N–H and O–H groups in total. The molecule has 0 saturated carbocycles. The summed E-state index contributed by atoms with van der Waals surface area (Å²) < 4.78 is 0. The highest BCUT2D eigenvalue weighted by Gasteiger charge is 2.17. The van der Waals surface area contributed by atoms with Crippen LogP contribution in [0.3, 0.4) is 0 Å². The zero-order valence-corrected chi connectivity index (χ0v) is 7.19. The first-order valence-corrected chi connectivity index (χ1v) is 4.62. The van der Waals surface area contributed by atoms with Gasteiger partial charge in [0.05, 0.1) is 5.76 Å². The van der Waals surface area contributed by atoms with Gasteiger partial charge in [-0.25, -0.2) is 0 Å². The Hall–Kier alpha value is -0.760. The molecule has 1 aromatic heterocycles. The van der Waals surface area contributed by atoms with Gasteiger partial charge >= 0.3 is 0 Å². The maximum atomic E-state index is 9.41. The summed E-state index contributed by atoms with van der Waals surface area (Å²) >= 11 is 1.78. The second-order valence-corrected chi connectivity index (χ2v) is 3.97. The first-order valence-electron chi connectivity index (χ1n) is 3.74. The van der Waals surface area contributed by atoms with E-state index in [1.165, 1.54) is 10.4 Å². The van der Waals surface area contributed by atoms with Gasteiger partial charge in [-0.05, 0) is 29.5 Å². The minimum Gasteiger partial charge on any atom is -0.512 e. The Bertz CT molecular complexity index is 298. The molecule has 0 saturated heterocycles. The van der Waals surface area contributed by atoms with Crippen LogP contribution < -0.4 is 0 Å². The van der Waals surface area contributed by atoms with Crippen LogP contribution in [0, 0.1) is 5.92 Å². The van der Waals surface area contributed by atoms with Crippen molar-refractivity contribution < 1.29 is 5.11 Å². The van der Waals surface area contributed by atoms with Crippen LogP contribution in [-0.2, 0) is 6.42 Å². The van der Waals surface area contributed by atoms with Crippen molar-refractivity contribution in [3.63, 3.8) is 0 Å². The van der Waals surface area contributed by atoms with Gasteiger partial charge in [0.25, 0.3) is 0 Å². The molecule has 2 rings (SSSR count). The Morgan fingerprint density at radius 3 is 3.27 bits per heavy atom. The van der Waals surface area contributed by atoms with Crippen LogP contribution in [0.4, 0.5) is 0 Å². The average molecular weight is 166 g/mol. The minimum atomic E-state index is 0.307. The third kappa shape index (κ3) is 1.07. The van der Waals surface area contributed by atoms with Crippen LogP contribution in [0.25, 0.3) is 6.08 Å². The summed E-state index contributed by atoms with van der Waals surface area (Å²) in [5.41, 5.74) is 1.20. The summed E-state index contributed by atoms with van der Waals surface area (Å²) in [6.07, 6.45) is 2.87. The van der Waals surface area contributed by atoms with E-state index in [-0.39, 0.29) is 0 Å². The molecule has 0 aromatic carbocycles. The van der Waals surface area contributed by atoms with Crippen molar-refractivity contribution in [1.29, 1.82) is 0 Å². The highest BCUT2D eigenvalue weighted by molar-refractivity contribution is 7.10. The number of thiophene rings is 1. The lowest BCUT2D eigenvalue weighted by Gasteiger charge is -2.15. The summed E-state index contributed by atoms with van der Waals surface area (Å²) in [6.45, 7) is 2.05. The lowest BCUT2D eigenvalue weighted by atomic mass is 9.96. The van der Waals surface area contributed by atoms with E-state index in [1.807, 2.05) is 6.08 Å². The largest absolute Gasteiger partial charge is 0.512 e. The Morgan fingerprint density at radius 1 is 1.64 bits per heavy atom. The van der Waals surface area contributed by atoms with Crippen LogP contribution >= 0.6 is 11.3 Å². The molecule has 0 aliphatic heterocycles. The fourth-order valence-electron chi connectivity index (χ4n) is 1.33. The van der Waals surface area contributed by atoms with Crippen LogP contribution in [-0.4, -0.2) is 5.11 Å². The van der Waals surface area contributed by atoms with Gasteiger partial charge in [-0.3, -0.25) is 0 Å². The van der Waals surface area contributed by atoms with Crippen molar-refractivity contribution in [2.24, 2.45) is 5.92 Å². The summed E-state index contributed by atoms with van der Waals surface area (Å²) in [5.74, 6) is 0.831. The Balaban J connectivity index is 2.47. The van der Waals surface area contributed by atoms with E-state index < -0.39 is 0 Å². The van der Waals surface area contributed by atoms with E-state index in [1.54, 1.807) is 11.3 Å². The minimum absolute atomic E-state index is 0.307. The molecule has 58 valence electrons. The van der Waals surface area contributed by atoms with Gasteiger partial charge in [-0.1, -0.05) is 6.92 Å². The van der Waals surface area contributed by atoms with E-state index in [0.717, 1.165) is 6.42 Å². The maximum Gasteiger partial charge on any atom is 0.0960 e. The molecule has 11 heavy (non-hydrogen) atoms. The second-order valence-electron chi connectivity index (χ2n) is 2.97. The van der Waals surface area contributed by atoms with E-state index in [2.05, 4.69) is 18.4 Å². The molecule has 1 heterocycles. The number of rotatable bonds is 0. The zero-order chi connectivity index (χ0) is 7.84. The second kappa shape index (κ2) is 2.38. The Labute approximate surface area is 70.0 Å². The van der Waals surface area contributed by atoms with Crippen LogP contribution in [0.15, 0.2) is 17.2 Å². The van der Waals surface area contributed by atoms with Crippen molar-refractivity contribution >= 4 is 17.4 Å². The molecule has 1 nitrogen and oxygen atoms in total. The van der Waals surface area contributed by atoms with Gasteiger partial charge in [0.1, 0.15) is 0 Å². The van der Waals surface area contributed by atoms with Crippen molar-refractivity contribution in [3.8, 4) is 0 Å². The van der Waals surface area contributed by atoms with Gasteiger partial charge in [0.2, 0.25) is 0 Å². The van der Waals surface area contributed by atoms with Gasteiger partial charge < -0.3 is 5.11 Å². The molecule has 0 radical (unpaired) electrons. The molecule has 0 spiro atoms. The first-order chi connectivity index (χ1) is 5.27. The van der Waals surface area contributed by atoms with Gasteiger partial charge in [-0.15, -0.1) is 11.3 Å². The maximum absolute atomic E-state index is 9.41. The van der Waals surface area contributed by atoms with E-state index in [4.69, 9.17) is 0 Å².